The maximum Gasteiger partial charge on any atom is 0.335 e. The maximum atomic E-state index is 11.0. The molecule has 1 aromatic carbocycles. The number of piperidine rings is 1. The average molecular weight is 313 g/mol. The second kappa shape index (κ2) is 7.12. The summed E-state index contributed by atoms with van der Waals surface area (Å²) < 4.78 is 0. The van der Waals surface area contributed by atoms with E-state index < -0.39 is 5.97 Å². The van der Waals surface area contributed by atoms with Crippen LogP contribution in [-0.4, -0.2) is 41.7 Å². The zero-order valence-corrected chi connectivity index (χ0v) is 13.3. The Balaban J connectivity index is 1.53. The molecule has 0 amide bonds. The van der Waals surface area contributed by atoms with E-state index in [0.29, 0.717) is 5.56 Å². The van der Waals surface area contributed by atoms with E-state index in [1.807, 2.05) is 0 Å². The predicted molar refractivity (Wildman–Crippen MR) is 87.1 cm³/mol. The van der Waals surface area contributed by atoms with Crippen LogP contribution in [0.3, 0.4) is 0 Å². The van der Waals surface area contributed by atoms with Gasteiger partial charge in [-0.25, -0.2) is 4.79 Å². The van der Waals surface area contributed by atoms with Crippen molar-refractivity contribution in [3.63, 3.8) is 0 Å². The van der Waals surface area contributed by atoms with E-state index in [4.69, 9.17) is 5.11 Å². The highest BCUT2D eigenvalue weighted by molar-refractivity contribution is 5.88. The SMILES string of the molecule is N#Cc1cc(C(=O)O)ccc1CN1CCC(CNC2CC2)CC1. The second-order valence-corrected chi connectivity index (χ2v) is 6.69. The lowest BCUT2D eigenvalue weighted by Crippen LogP contribution is -2.37. The molecule has 2 fully saturated rings. The van der Waals surface area contributed by atoms with Crippen LogP contribution in [0.1, 0.15) is 47.2 Å². The number of aromatic carboxylic acids is 1. The molecule has 0 unspecified atom stereocenters. The van der Waals surface area contributed by atoms with Crippen LogP contribution in [0.4, 0.5) is 0 Å². The summed E-state index contributed by atoms with van der Waals surface area (Å²) in [6, 6.07) is 7.75. The molecule has 0 radical (unpaired) electrons. The molecule has 1 saturated heterocycles. The summed E-state index contributed by atoms with van der Waals surface area (Å²) in [4.78, 5) is 13.4. The number of hydrogen-bond donors (Lipinski definition) is 2. The van der Waals surface area contributed by atoms with Crippen LogP contribution < -0.4 is 5.32 Å². The average Bonchev–Trinajstić information content (AvgIpc) is 3.38. The van der Waals surface area contributed by atoms with Crippen molar-refractivity contribution in [3.05, 3.63) is 34.9 Å². The van der Waals surface area contributed by atoms with Crippen molar-refractivity contribution in [2.45, 2.75) is 38.3 Å². The predicted octanol–water partition coefficient (Wildman–Crippen LogP) is 2.22. The second-order valence-electron chi connectivity index (χ2n) is 6.69. The van der Waals surface area contributed by atoms with Crippen LogP contribution in [0.25, 0.3) is 0 Å². The van der Waals surface area contributed by atoms with E-state index in [2.05, 4.69) is 16.3 Å². The number of carboxylic acids is 1. The highest BCUT2D eigenvalue weighted by Gasteiger charge is 2.24. The normalized spacial score (nSPS) is 19.4. The fourth-order valence-electron chi connectivity index (χ4n) is 3.16. The first-order valence-corrected chi connectivity index (χ1v) is 8.38. The van der Waals surface area contributed by atoms with Crippen molar-refractivity contribution in [1.82, 2.24) is 10.2 Å². The zero-order chi connectivity index (χ0) is 16.2. The lowest BCUT2D eigenvalue weighted by atomic mass is 9.95. The molecule has 3 rings (SSSR count). The molecule has 1 aromatic rings. The number of carboxylic acid groups (broad SMARTS) is 1. The van der Waals surface area contributed by atoms with Gasteiger partial charge < -0.3 is 10.4 Å². The first-order valence-electron chi connectivity index (χ1n) is 8.38. The summed E-state index contributed by atoms with van der Waals surface area (Å²) in [6.07, 6.45) is 5.05. The summed E-state index contributed by atoms with van der Waals surface area (Å²) in [5, 5.41) is 21.9. The third kappa shape index (κ3) is 4.31. The fraction of sp³-hybridized carbons (Fsp3) is 0.556. The van der Waals surface area contributed by atoms with E-state index >= 15 is 0 Å². The smallest absolute Gasteiger partial charge is 0.335 e. The number of likely N-dealkylation sites (tertiary alicyclic amines) is 1. The Morgan fingerprint density at radius 2 is 2.04 bits per heavy atom. The molecule has 5 heteroatoms. The Bertz CT molecular complexity index is 611. The van der Waals surface area contributed by atoms with Gasteiger partial charge in [-0.05, 0) is 68.9 Å². The Hall–Kier alpha value is -1.90. The number of nitrogens with zero attached hydrogens (tertiary/aromatic N) is 2. The van der Waals surface area contributed by atoms with E-state index in [9.17, 15) is 10.1 Å². The number of benzene rings is 1. The van der Waals surface area contributed by atoms with Gasteiger partial charge >= 0.3 is 5.97 Å². The van der Waals surface area contributed by atoms with Crippen molar-refractivity contribution in [2.75, 3.05) is 19.6 Å². The van der Waals surface area contributed by atoms with Crippen LogP contribution in [0.15, 0.2) is 18.2 Å². The quantitative estimate of drug-likeness (QED) is 0.842. The Morgan fingerprint density at radius 3 is 2.65 bits per heavy atom. The fourth-order valence-corrected chi connectivity index (χ4v) is 3.16. The van der Waals surface area contributed by atoms with E-state index in [1.54, 1.807) is 12.1 Å². The number of rotatable bonds is 6. The summed E-state index contributed by atoms with van der Waals surface area (Å²) in [7, 11) is 0. The Kier molecular flexibility index (Phi) is 4.94. The standard InChI is InChI=1S/C18H23N3O2/c19-10-16-9-14(18(22)23)1-2-15(16)12-21-7-5-13(6-8-21)11-20-17-3-4-17/h1-2,9,13,17,20H,3-8,11-12H2,(H,22,23). The van der Waals surface area contributed by atoms with E-state index in [-0.39, 0.29) is 5.56 Å². The van der Waals surface area contributed by atoms with Crippen LogP contribution >= 0.6 is 0 Å². The molecule has 1 aliphatic carbocycles. The van der Waals surface area contributed by atoms with Gasteiger partial charge in [-0.1, -0.05) is 6.07 Å². The van der Waals surface area contributed by atoms with Gasteiger partial charge in [-0.3, -0.25) is 4.90 Å². The third-order valence-corrected chi connectivity index (χ3v) is 4.85. The molecule has 0 atom stereocenters. The maximum absolute atomic E-state index is 11.0. The van der Waals surface area contributed by atoms with Gasteiger partial charge in [0.15, 0.2) is 0 Å². The topological polar surface area (TPSA) is 76.4 Å². The molecule has 122 valence electrons. The van der Waals surface area contributed by atoms with E-state index in [0.717, 1.165) is 43.7 Å². The van der Waals surface area contributed by atoms with Gasteiger partial charge in [0, 0.05) is 12.6 Å². The monoisotopic (exact) mass is 313 g/mol. The van der Waals surface area contributed by atoms with Crippen molar-refractivity contribution < 1.29 is 9.90 Å². The van der Waals surface area contributed by atoms with Crippen LogP contribution in [0.5, 0.6) is 0 Å². The van der Waals surface area contributed by atoms with Crippen molar-refractivity contribution in [1.29, 1.82) is 5.26 Å². The summed E-state index contributed by atoms with van der Waals surface area (Å²) >= 11 is 0. The van der Waals surface area contributed by atoms with Gasteiger partial charge in [0.25, 0.3) is 0 Å². The van der Waals surface area contributed by atoms with Gasteiger partial charge in [0.05, 0.1) is 17.2 Å². The minimum absolute atomic E-state index is 0.176. The zero-order valence-electron chi connectivity index (χ0n) is 13.3. The molecule has 1 aliphatic heterocycles. The molecule has 2 N–H and O–H groups in total. The Labute approximate surface area is 136 Å². The first kappa shape index (κ1) is 16.0. The number of nitriles is 1. The third-order valence-electron chi connectivity index (χ3n) is 4.85. The number of hydrogen-bond acceptors (Lipinski definition) is 4. The minimum atomic E-state index is -0.989. The van der Waals surface area contributed by atoms with Gasteiger partial charge in [-0.2, -0.15) is 5.26 Å². The lowest BCUT2D eigenvalue weighted by molar-refractivity contribution is 0.0697. The molecule has 1 saturated carbocycles. The van der Waals surface area contributed by atoms with Crippen LogP contribution in [0.2, 0.25) is 0 Å². The van der Waals surface area contributed by atoms with Gasteiger partial charge in [-0.15, -0.1) is 0 Å². The summed E-state index contributed by atoms with van der Waals surface area (Å²) in [6.45, 7) is 3.95. The molecular formula is C18H23N3O2. The highest BCUT2D eigenvalue weighted by Crippen LogP contribution is 2.23. The molecule has 0 spiro atoms. The van der Waals surface area contributed by atoms with Crippen LogP contribution in [0, 0.1) is 17.2 Å². The molecule has 0 bridgehead atoms. The minimum Gasteiger partial charge on any atom is -0.478 e. The summed E-state index contributed by atoms with van der Waals surface area (Å²) in [5.74, 6) is -0.228. The van der Waals surface area contributed by atoms with Crippen molar-refractivity contribution >= 4 is 5.97 Å². The van der Waals surface area contributed by atoms with Crippen LogP contribution in [-0.2, 0) is 6.54 Å². The summed E-state index contributed by atoms with van der Waals surface area (Å²) in [5.41, 5.74) is 1.57. The Morgan fingerprint density at radius 1 is 1.30 bits per heavy atom. The lowest BCUT2D eigenvalue weighted by Gasteiger charge is -2.32. The molecule has 0 aromatic heterocycles. The number of carbonyl (C=O) groups is 1. The highest BCUT2D eigenvalue weighted by atomic mass is 16.4. The molecule has 2 aliphatic rings. The molecule has 5 nitrogen and oxygen atoms in total. The van der Waals surface area contributed by atoms with Crippen molar-refractivity contribution in [2.24, 2.45) is 5.92 Å². The van der Waals surface area contributed by atoms with Gasteiger partial charge in [0.2, 0.25) is 0 Å². The number of nitrogens with one attached hydrogen (secondary N) is 1. The largest absolute Gasteiger partial charge is 0.478 e. The first-order chi connectivity index (χ1) is 11.2. The molecular weight excluding hydrogens is 290 g/mol. The van der Waals surface area contributed by atoms with E-state index in [1.165, 1.54) is 31.7 Å². The molecule has 1 heterocycles. The van der Waals surface area contributed by atoms with Gasteiger partial charge in [0.1, 0.15) is 0 Å². The molecule has 23 heavy (non-hydrogen) atoms. The van der Waals surface area contributed by atoms with Crippen molar-refractivity contribution in [3.8, 4) is 6.07 Å².